The molecule has 0 amide bonds. The first-order valence-corrected chi connectivity index (χ1v) is 4.33. The fourth-order valence-corrected chi connectivity index (χ4v) is 1.06. The summed E-state index contributed by atoms with van der Waals surface area (Å²) in [6.45, 7) is 1.92. The Balaban J connectivity index is 2.77. The minimum Gasteiger partial charge on any atom is -0.394 e. The largest absolute Gasteiger partial charge is 0.394 e. The molecule has 0 aromatic heterocycles. The molecule has 70 valence electrons. The van der Waals surface area contributed by atoms with E-state index in [2.05, 4.69) is 0 Å². The number of aliphatic hydroxyl groups is 1. The molecular weight excluding hydrogens is 162 g/mol. The monoisotopic (exact) mass is 177 g/mol. The van der Waals surface area contributed by atoms with Crippen LogP contribution in [0, 0.1) is 0 Å². The molecule has 0 heterocycles. The zero-order valence-electron chi connectivity index (χ0n) is 7.77. The van der Waals surface area contributed by atoms with Crippen molar-refractivity contribution in [1.29, 1.82) is 0 Å². The summed E-state index contributed by atoms with van der Waals surface area (Å²) in [5.74, 6) is 0. The van der Waals surface area contributed by atoms with Gasteiger partial charge >= 0.3 is 0 Å². The fourth-order valence-electron chi connectivity index (χ4n) is 1.06. The maximum atomic E-state index is 8.82. The quantitative estimate of drug-likeness (QED) is 0.733. The van der Waals surface area contributed by atoms with Gasteiger partial charge in [0.05, 0.1) is 6.61 Å². The number of hydrogen-bond donors (Lipinski definition) is 2. The summed E-state index contributed by atoms with van der Waals surface area (Å²) >= 11 is 0. The topological polar surface area (TPSA) is 46.2 Å². The molecule has 0 aliphatic carbocycles. The molecule has 13 heavy (non-hydrogen) atoms. The fraction of sp³-hybridized carbons (Fsp3) is 0.273. The molecule has 1 aromatic carbocycles. The highest BCUT2D eigenvalue weighted by Crippen LogP contribution is 2.07. The van der Waals surface area contributed by atoms with Gasteiger partial charge in [0.2, 0.25) is 0 Å². The molecule has 1 unspecified atom stereocenters. The summed E-state index contributed by atoms with van der Waals surface area (Å²) in [6.07, 6.45) is 1.99. The zero-order valence-corrected chi connectivity index (χ0v) is 7.77. The molecule has 3 N–H and O–H groups in total. The third-order valence-corrected chi connectivity index (χ3v) is 1.98. The molecule has 2 heteroatoms. The Hall–Kier alpha value is -1.12. The van der Waals surface area contributed by atoms with E-state index >= 15 is 0 Å². The third-order valence-electron chi connectivity index (χ3n) is 1.98. The molecule has 1 rings (SSSR count). The number of nitrogens with two attached hydrogens (primary N) is 1. The Labute approximate surface area is 78.7 Å². The molecule has 0 aliphatic heterocycles. The van der Waals surface area contributed by atoms with E-state index in [1.165, 1.54) is 0 Å². The summed E-state index contributed by atoms with van der Waals surface area (Å²) < 4.78 is 0. The van der Waals surface area contributed by atoms with Crippen LogP contribution in [-0.4, -0.2) is 17.8 Å². The van der Waals surface area contributed by atoms with Crippen molar-refractivity contribution >= 4 is 6.08 Å². The normalized spacial score (nSPS) is 14.2. The average molecular weight is 177 g/mol. The lowest BCUT2D eigenvalue weighted by molar-refractivity contribution is 0.280. The van der Waals surface area contributed by atoms with Crippen LogP contribution in [0.5, 0.6) is 0 Å². The van der Waals surface area contributed by atoms with Crippen LogP contribution in [0.1, 0.15) is 12.5 Å². The number of rotatable bonds is 3. The van der Waals surface area contributed by atoms with E-state index < -0.39 is 0 Å². The Bertz CT molecular complexity index is 279. The first-order valence-electron chi connectivity index (χ1n) is 4.33. The van der Waals surface area contributed by atoms with Crippen LogP contribution in [0.4, 0.5) is 0 Å². The van der Waals surface area contributed by atoms with Gasteiger partial charge in [-0.05, 0) is 12.5 Å². The first kappa shape index (κ1) is 9.96. The zero-order chi connectivity index (χ0) is 9.68. The van der Waals surface area contributed by atoms with E-state index in [4.69, 9.17) is 10.8 Å². The Kier molecular flexibility index (Phi) is 3.68. The van der Waals surface area contributed by atoms with Crippen molar-refractivity contribution in [3.63, 3.8) is 0 Å². The van der Waals surface area contributed by atoms with E-state index in [9.17, 15) is 0 Å². The maximum Gasteiger partial charge on any atom is 0.0621 e. The van der Waals surface area contributed by atoms with Crippen molar-refractivity contribution in [2.45, 2.75) is 13.0 Å². The summed E-state index contributed by atoms with van der Waals surface area (Å²) in [4.78, 5) is 0. The van der Waals surface area contributed by atoms with E-state index in [-0.39, 0.29) is 12.6 Å². The van der Waals surface area contributed by atoms with Crippen molar-refractivity contribution in [2.75, 3.05) is 6.61 Å². The van der Waals surface area contributed by atoms with Crippen molar-refractivity contribution in [1.82, 2.24) is 0 Å². The van der Waals surface area contributed by atoms with Gasteiger partial charge in [-0.2, -0.15) is 0 Å². The van der Waals surface area contributed by atoms with Crippen molar-refractivity contribution in [2.24, 2.45) is 5.73 Å². The van der Waals surface area contributed by atoms with Crippen molar-refractivity contribution in [3.8, 4) is 0 Å². The SMILES string of the molecule is C/C(=C\c1ccccc1)C(N)CO. The van der Waals surface area contributed by atoms with Gasteiger partial charge in [0, 0.05) is 6.04 Å². The second-order valence-electron chi connectivity index (χ2n) is 3.09. The van der Waals surface area contributed by atoms with Crippen LogP contribution >= 0.6 is 0 Å². The predicted molar refractivity (Wildman–Crippen MR) is 55.2 cm³/mol. The van der Waals surface area contributed by atoms with Crippen molar-refractivity contribution in [3.05, 3.63) is 41.5 Å². The molecule has 0 saturated heterocycles. The van der Waals surface area contributed by atoms with Crippen LogP contribution in [0.15, 0.2) is 35.9 Å². The molecule has 0 fully saturated rings. The predicted octanol–water partition coefficient (Wildman–Crippen LogP) is 1.41. The lowest BCUT2D eigenvalue weighted by Gasteiger charge is -2.07. The molecule has 0 spiro atoms. The van der Waals surface area contributed by atoms with Crippen LogP contribution in [0.2, 0.25) is 0 Å². The van der Waals surface area contributed by atoms with Crippen LogP contribution in [0.25, 0.3) is 6.08 Å². The standard InChI is InChI=1S/C11H15NO/c1-9(11(12)8-13)7-10-5-3-2-4-6-10/h2-7,11,13H,8,12H2,1H3/b9-7+. The van der Waals surface area contributed by atoms with E-state index in [0.29, 0.717) is 0 Å². The van der Waals surface area contributed by atoms with Gasteiger partial charge < -0.3 is 10.8 Å². The number of benzene rings is 1. The highest BCUT2D eigenvalue weighted by Gasteiger charge is 2.01. The Morgan fingerprint density at radius 3 is 2.62 bits per heavy atom. The van der Waals surface area contributed by atoms with Gasteiger partial charge in [0.1, 0.15) is 0 Å². The number of aliphatic hydroxyl groups excluding tert-OH is 1. The van der Waals surface area contributed by atoms with Crippen LogP contribution < -0.4 is 5.73 Å². The molecule has 2 nitrogen and oxygen atoms in total. The average Bonchev–Trinajstić information content (AvgIpc) is 2.18. The van der Waals surface area contributed by atoms with Gasteiger partial charge in [-0.3, -0.25) is 0 Å². The van der Waals surface area contributed by atoms with Crippen molar-refractivity contribution < 1.29 is 5.11 Å². The van der Waals surface area contributed by atoms with E-state index in [1.807, 2.05) is 43.3 Å². The Morgan fingerprint density at radius 1 is 1.46 bits per heavy atom. The summed E-state index contributed by atoms with van der Waals surface area (Å²) in [5.41, 5.74) is 7.75. The summed E-state index contributed by atoms with van der Waals surface area (Å²) in [5, 5.41) is 8.82. The van der Waals surface area contributed by atoms with E-state index in [0.717, 1.165) is 11.1 Å². The number of hydrogen-bond acceptors (Lipinski definition) is 2. The lowest BCUT2D eigenvalue weighted by atomic mass is 10.1. The summed E-state index contributed by atoms with van der Waals surface area (Å²) in [7, 11) is 0. The van der Waals surface area contributed by atoms with Gasteiger partial charge in [0.25, 0.3) is 0 Å². The minimum atomic E-state index is -0.250. The molecule has 1 atom stereocenters. The van der Waals surface area contributed by atoms with Crippen LogP contribution in [-0.2, 0) is 0 Å². The molecule has 0 radical (unpaired) electrons. The van der Waals surface area contributed by atoms with Gasteiger partial charge in [-0.1, -0.05) is 42.0 Å². The molecule has 0 saturated carbocycles. The molecule has 0 bridgehead atoms. The molecular formula is C11H15NO. The second kappa shape index (κ2) is 4.80. The Morgan fingerprint density at radius 2 is 2.08 bits per heavy atom. The van der Waals surface area contributed by atoms with Gasteiger partial charge in [0.15, 0.2) is 0 Å². The maximum absolute atomic E-state index is 8.82. The van der Waals surface area contributed by atoms with Gasteiger partial charge in [-0.25, -0.2) is 0 Å². The lowest BCUT2D eigenvalue weighted by Crippen LogP contribution is -2.25. The first-order chi connectivity index (χ1) is 6.24. The summed E-state index contributed by atoms with van der Waals surface area (Å²) in [6, 6.07) is 9.69. The van der Waals surface area contributed by atoms with E-state index in [1.54, 1.807) is 0 Å². The molecule has 0 aliphatic rings. The van der Waals surface area contributed by atoms with Crippen LogP contribution in [0.3, 0.4) is 0 Å². The smallest absolute Gasteiger partial charge is 0.0621 e. The highest BCUT2D eigenvalue weighted by molar-refractivity contribution is 5.53. The molecule has 1 aromatic rings. The second-order valence-corrected chi connectivity index (χ2v) is 3.09. The minimum absolute atomic E-state index is 0.00479. The third kappa shape index (κ3) is 3.01. The van der Waals surface area contributed by atoms with Gasteiger partial charge in [-0.15, -0.1) is 0 Å². The highest BCUT2D eigenvalue weighted by atomic mass is 16.3.